The van der Waals surface area contributed by atoms with Crippen LogP contribution in [-0.2, 0) is 32.8 Å². The summed E-state index contributed by atoms with van der Waals surface area (Å²) in [6.45, 7) is -0.803. The van der Waals surface area contributed by atoms with Crippen molar-refractivity contribution >= 4 is 50.9 Å². The highest BCUT2D eigenvalue weighted by Crippen LogP contribution is 2.28. The highest BCUT2D eigenvalue weighted by atomic mass is 35.5. The summed E-state index contributed by atoms with van der Waals surface area (Å²) in [6.07, 6.45) is 4.96. The van der Waals surface area contributed by atoms with Gasteiger partial charge in [0, 0.05) is 48.7 Å². The molecule has 1 saturated carbocycles. The molecule has 1 aliphatic carbocycles. The van der Waals surface area contributed by atoms with E-state index in [0.29, 0.717) is 15.6 Å². The average Bonchev–Trinajstić information content (AvgIpc) is 3.00. The van der Waals surface area contributed by atoms with Crippen molar-refractivity contribution in [3.8, 4) is 0 Å². The largest absolute Gasteiger partial charge is 0.352 e. The summed E-state index contributed by atoms with van der Waals surface area (Å²) in [6, 6.07) is 18.0. The fourth-order valence-electron chi connectivity index (χ4n) is 5.28. The molecule has 1 aliphatic rings. The average molecular weight is 664 g/mol. The van der Waals surface area contributed by atoms with Crippen LogP contribution in [0.5, 0.6) is 0 Å². The van der Waals surface area contributed by atoms with Gasteiger partial charge < -0.3 is 10.2 Å². The standard InChI is InChI=1S/C32H37Cl2FN4O4S/c1-37(2)44(42,43)39(26-18-16-24(35)17-19-26)22-31(40)38(21-27-28(33)14-9-15-29(27)34)30(20-23-10-5-3-6-11-23)32(41)36-25-12-7-4-8-13-25/h3,5-6,9-11,14-19,25,30H,4,7-8,12-13,20-22H2,1-2H3,(H,36,41). The van der Waals surface area contributed by atoms with Gasteiger partial charge in [0.25, 0.3) is 0 Å². The topological polar surface area (TPSA) is 90.0 Å². The van der Waals surface area contributed by atoms with Gasteiger partial charge in [0.1, 0.15) is 18.4 Å². The maximum absolute atomic E-state index is 14.4. The summed E-state index contributed by atoms with van der Waals surface area (Å²) in [7, 11) is -1.52. The van der Waals surface area contributed by atoms with Crippen molar-refractivity contribution < 1.29 is 22.4 Å². The Hall–Kier alpha value is -3.18. The first kappa shape index (κ1) is 33.7. The maximum atomic E-state index is 14.4. The predicted octanol–water partition coefficient (Wildman–Crippen LogP) is 5.83. The monoisotopic (exact) mass is 662 g/mol. The first-order chi connectivity index (χ1) is 21.0. The second-order valence-corrected chi connectivity index (χ2v) is 13.9. The molecule has 1 N–H and O–H groups in total. The minimum absolute atomic E-state index is 0.0276. The molecule has 3 aromatic rings. The molecule has 12 heteroatoms. The van der Waals surface area contributed by atoms with Gasteiger partial charge in [0.15, 0.2) is 0 Å². The fourth-order valence-corrected chi connectivity index (χ4v) is 6.85. The van der Waals surface area contributed by atoms with Gasteiger partial charge in [-0.05, 0) is 54.8 Å². The quantitative estimate of drug-likeness (QED) is 0.264. The van der Waals surface area contributed by atoms with E-state index in [4.69, 9.17) is 23.2 Å². The molecule has 0 aromatic heterocycles. The number of nitrogens with zero attached hydrogens (tertiary/aromatic N) is 3. The van der Waals surface area contributed by atoms with Crippen LogP contribution in [0, 0.1) is 5.82 Å². The highest BCUT2D eigenvalue weighted by molar-refractivity contribution is 7.90. The Labute approximate surface area is 268 Å². The van der Waals surface area contributed by atoms with Crippen LogP contribution >= 0.6 is 23.2 Å². The molecule has 44 heavy (non-hydrogen) atoms. The van der Waals surface area contributed by atoms with Crippen molar-refractivity contribution in [1.29, 1.82) is 0 Å². The zero-order chi connectivity index (χ0) is 31.9. The van der Waals surface area contributed by atoms with E-state index < -0.39 is 34.5 Å². The van der Waals surface area contributed by atoms with Crippen LogP contribution in [0.4, 0.5) is 10.1 Å². The summed E-state index contributed by atoms with van der Waals surface area (Å²) in [5.74, 6) is -1.56. The van der Waals surface area contributed by atoms with Crippen molar-refractivity contribution in [3.05, 3.63) is 99.8 Å². The van der Waals surface area contributed by atoms with Gasteiger partial charge in [-0.1, -0.05) is 78.9 Å². The number of hydrogen-bond acceptors (Lipinski definition) is 4. The van der Waals surface area contributed by atoms with Gasteiger partial charge in [-0.15, -0.1) is 0 Å². The number of carbonyl (C=O) groups is 2. The molecule has 1 atom stereocenters. The summed E-state index contributed by atoms with van der Waals surface area (Å²) in [5.41, 5.74) is 1.34. The van der Waals surface area contributed by atoms with E-state index in [0.717, 1.165) is 58.4 Å². The van der Waals surface area contributed by atoms with E-state index >= 15 is 0 Å². The van der Waals surface area contributed by atoms with Gasteiger partial charge in [-0.2, -0.15) is 12.7 Å². The Morgan fingerprint density at radius 3 is 2.11 bits per heavy atom. The van der Waals surface area contributed by atoms with Crippen LogP contribution in [0.15, 0.2) is 72.8 Å². The molecule has 0 saturated heterocycles. The second kappa shape index (κ2) is 15.2. The molecule has 4 rings (SSSR count). The molecular weight excluding hydrogens is 626 g/mol. The third-order valence-electron chi connectivity index (χ3n) is 7.75. The van der Waals surface area contributed by atoms with Gasteiger partial charge in [-0.25, -0.2) is 8.70 Å². The molecule has 0 aliphatic heterocycles. The minimum atomic E-state index is -4.21. The summed E-state index contributed by atoms with van der Waals surface area (Å²) >= 11 is 13.1. The lowest BCUT2D eigenvalue weighted by Crippen LogP contribution is -2.55. The predicted molar refractivity (Wildman–Crippen MR) is 172 cm³/mol. The Balaban J connectivity index is 1.78. The van der Waals surface area contributed by atoms with Crippen LogP contribution in [0.25, 0.3) is 0 Å². The summed E-state index contributed by atoms with van der Waals surface area (Å²) in [5, 5.41) is 3.76. The van der Waals surface area contributed by atoms with E-state index in [2.05, 4.69) is 5.32 Å². The summed E-state index contributed by atoms with van der Waals surface area (Å²) in [4.78, 5) is 29.8. The van der Waals surface area contributed by atoms with Gasteiger partial charge in [-0.3, -0.25) is 9.59 Å². The lowest BCUT2D eigenvalue weighted by atomic mass is 9.94. The van der Waals surface area contributed by atoms with Crippen LogP contribution in [0.2, 0.25) is 10.0 Å². The Morgan fingerprint density at radius 2 is 1.52 bits per heavy atom. The van der Waals surface area contributed by atoms with Gasteiger partial charge in [0.2, 0.25) is 11.8 Å². The normalized spacial score (nSPS) is 14.7. The van der Waals surface area contributed by atoms with Crippen LogP contribution in [-0.4, -0.2) is 62.2 Å². The number of hydrogen-bond donors (Lipinski definition) is 1. The second-order valence-electron chi connectivity index (χ2n) is 11.0. The zero-order valence-corrected chi connectivity index (χ0v) is 27.1. The smallest absolute Gasteiger partial charge is 0.304 e. The number of amides is 2. The molecule has 236 valence electrons. The molecule has 0 spiro atoms. The number of halogens is 3. The summed E-state index contributed by atoms with van der Waals surface area (Å²) < 4.78 is 42.6. The molecule has 0 radical (unpaired) electrons. The van der Waals surface area contributed by atoms with E-state index in [1.165, 1.54) is 31.1 Å². The zero-order valence-electron chi connectivity index (χ0n) is 24.8. The van der Waals surface area contributed by atoms with E-state index in [1.807, 2.05) is 30.3 Å². The van der Waals surface area contributed by atoms with Crippen molar-refractivity contribution in [2.75, 3.05) is 24.9 Å². The third-order valence-corrected chi connectivity index (χ3v) is 10.3. The first-order valence-corrected chi connectivity index (χ1v) is 16.6. The van der Waals surface area contributed by atoms with E-state index in [-0.39, 0.29) is 30.6 Å². The van der Waals surface area contributed by atoms with E-state index in [9.17, 15) is 22.4 Å². The molecule has 2 amide bonds. The van der Waals surface area contributed by atoms with Crippen LogP contribution in [0.3, 0.4) is 0 Å². The lowest BCUT2D eigenvalue weighted by molar-refractivity contribution is -0.140. The van der Waals surface area contributed by atoms with Crippen molar-refractivity contribution in [3.63, 3.8) is 0 Å². The SMILES string of the molecule is CN(C)S(=O)(=O)N(CC(=O)N(Cc1c(Cl)cccc1Cl)C(Cc1ccccc1)C(=O)NC1CCCCC1)c1ccc(F)cc1. The highest BCUT2D eigenvalue weighted by Gasteiger charge is 2.36. The molecule has 0 heterocycles. The first-order valence-electron chi connectivity index (χ1n) is 14.5. The van der Waals surface area contributed by atoms with E-state index in [1.54, 1.807) is 18.2 Å². The molecule has 8 nitrogen and oxygen atoms in total. The molecule has 3 aromatic carbocycles. The molecular formula is C32H37Cl2FN4O4S. The molecule has 1 fully saturated rings. The third kappa shape index (κ3) is 8.50. The Kier molecular flexibility index (Phi) is 11.6. The number of rotatable bonds is 12. The van der Waals surface area contributed by atoms with Crippen LogP contribution in [0.1, 0.15) is 43.2 Å². The Bertz CT molecular complexity index is 1520. The lowest BCUT2D eigenvalue weighted by Gasteiger charge is -2.35. The number of carbonyl (C=O) groups excluding carboxylic acids is 2. The maximum Gasteiger partial charge on any atom is 0.304 e. The van der Waals surface area contributed by atoms with Gasteiger partial charge >= 0.3 is 10.2 Å². The molecule has 0 bridgehead atoms. The minimum Gasteiger partial charge on any atom is -0.352 e. The van der Waals surface area contributed by atoms with Crippen molar-refractivity contribution in [2.24, 2.45) is 0 Å². The fraction of sp³-hybridized carbons (Fsp3) is 0.375. The Morgan fingerprint density at radius 1 is 0.909 bits per heavy atom. The molecule has 1 unspecified atom stereocenters. The van der Waals surface area contributed by atoms with Crippen molar-refractivity contribution in [2.45, 2.75) is 57.2 Å². The number of nitrogens with one attached hydrogen (secondary N) is 1. The number of anilines is 1. The van der Waals surface area contributed by atoms with Crippen molar-refractivity contribution in [1.82, 2.24) is 14.5 Å². The van der Waals surface area contributed by atoms with Gasteiger partial charge in [0.05, 0.1) is 5.69 Å². The number of benzene rings is 3. The van der Waals surface area contributed by atoms with Crippen LogP contribution < -0.4 is 9.62 Å².